The third kappa shape index (κ3) is 8.76. The molecule has 0 bridgehead atoms. The van der Waals surface area contributed by atoms with Crippen LogP contribution in [0.2, 0.25) is 0 Å². The van der Waals surface area contributed by atoms with Gasteiger partial charge in [0.1, 0.15) is 5.75 Å². The van der Waals surface area contributed by atoms with Gasteiger partial charge in [0.2, 0.25) is 5.75 Å². The zero-order valence-electron chi connectivity index (χ0n) is 20.5. The predicted molar refractivity (Wildman–Crippen MR) is 133 cm³/mol. The SMILES string of the molecule is CCCCCCOc1ccc2c(OCCCCCC)c(OCCCCCC)c(=O)[nH]c2c1. The Bertz CT molecular complexity index is 830. The number of hydrogen-bond donors (Lipinski definition) is 1. The van der Waals surface area contributed by atoms with E-state index in [-0.39, 0.29) is 5.56 Å². The maximum absolute atomic E-state index is 12.9. The smallest absolute Gasteiger partial charge is 0.294 e. The Morgan fingerprint density at radius 3 is 1.75 bits per heavy atom. The lowest BCUT2D eigenvalue weighted by Gasteiger charge is -2.15. The molecule has 0 spiro atoms. The topological polar surface area (TPSA) is 60.6 Å². The Kier molecular flexibility index (Phi) is 12.7. The summed E-state index contributed by atoms with van der Waals surface area (Å²) in [7, 11) is 0. The minimum absolute atomic E-state index is 0.239. The van der Waals surface area contributed by atoms with Crippen LogP contribution in [0.25, 0.3) is 10.9 Å². The average molecular weight is 446 g/mol. The summed E-state index contributed by atoms with van der Waals surface area (Å²) in [5.74, 6) is 1.63. The Morgan fingerprint density at radius 1 is 0.656 bits per heavy atom. The van der Waals surface area contributed by atoms with Crippen molar-refractivity contribution in [1.82, 2.24) is 4.98 Å². The third-order valence-electron chi connectivity index (χ3n) is 5.65. The van der Waals surface area contributed by atoms with E-state index in [1.54, 1.807) is 0 Å². The molecule has 1 aromatic carbocycles. The van der Waals surface area contributed by atoms with Gasteiger partial charge in [0.25, 0.3) is 5.56 Å². The highest BCUT2D eigenvalue weighted by Crippen LogP contribution is 2.34. The van der Waals surface area contributed by atoms with E-state index in [4.69, 9.17) is 14.2 Å². The van der Waals surface area contributed by atoms with Gasteiger partial charge in [0.15, 0.2) is 5.75 Å². The van der Waals surface area contributed by atoms with Crippen LogP contribution in [0.3, 0.4) is 0 Å². The highest BCUT2D eigenvalue weighted by atomic mass is 16.5. The van der Waals surface area contributed by atoms with Crippen LogP contribution in [0.15, 0.2) is 23.0 Å². The van der Waals surface area contributed by atoms with Gasteiger partial charge in [0, 0.05) is 11.5 Å². The molecule has 1 N–H and O–H groups in total. The molecule has 0 saturated heterocycles. The van der Waals surface area contributed by atoms with Crippen molar-refractivity contribution in [3.05, 3.63) is 28.6 Å². The molecule has 0 saturated carbocycles. The van der Waals surface area contributed by atoms with Gasteiger partial charge in [-0.05, 0) is 31.4 Å². The molecule has 0 aliphatic heterocycles. The zero-order chi connectivity index (χ0) is 23.0. The van der Waals surface area contributed by atoms with Crippen molar-refractivity contribution >= 4 is 10.9 Å². The van der Waals surface area contributed by atoms with Gasteiger partial charge in [-0.15, -0.1) is 0 Å². The van der Waals surface area contributed by atoms with Crippen LogP contribution >= 0.6 is 0 Å². The van der Waals surface area contributed by atoms with Gasteiger partial charge < -0.3 is 19.2 Å². The Morgan fingerprint density at radius 2 is 1.19 bits per heavy atom. The summed E-state index contributed by atoms with van der Waals surface area (Å²) in [6.07, 6.45) is 13.5. The number of benzene rings is 1. The fourth-order valence-electron chi connectivity index (χ4n) is 3.72. The monoisotopic (exact) mass is 445 g/mol. The average Bonchev–Trinajstić information content (AvgIpc) is 2.79. The predicted octanol–water partition coefficient (Wildman–Crippen LogP) is 7.41. The quantitative estimate of drug-likeness (QED) is 0.243. The van der Waals surface area contributed by atoms with Gasteiger partial charge >= 0.3 is 0 Å². The number of unbranched alkanes of at least 4 members (excludes halogenated alkanes) is 9. The Balaban J connectivity index is 2.16. The summed E-state index contributed by atoms with van der Waals surface area (Å²) in [6.45, 7) is 8.38. The van der Waals surface area contributed by atoms with Crippen LogP contribution < -0.4 is 19.8 Å². The van der Waals surface area contributed by atoms with Crippen LogP contribution in [0.1, 0.15) is 97.8 Å². The molecule has 0 aliphatic rings. The summed E-state index contributed by atoms with van der Waals surface area (Å²) in [5, 5.41) is 0.863. The van der Waals surface area contributed by atoms with Gasteiger partial charge in [-0.2, -0.15) is 0 Å². The van der Waals surface area contributed by atoms with E-state index in [9.17, 15) is 4.79 Å². The van der Waals surface area contributed by atoms with Crippen LogP contribution in [0.4, 0.5) is 0 Å². The first-order chi connectivity index (χ1) is 15.7. The number of fused-ring (bicyclic) bond motifs is 1. The highest BCUT2D eigenvalue weighted by Gasteiger charge is 2.16. The fraction of sp³-hybridized carbons (Fsp3) is 0.667. The lowest BCUT2D eigenvalue weighted by atomic mass is 10.1. The Hall–Kier alpha value is -2.17. The van der Waals surface area contributed by atoms with Gasteiger partial charge in [-0.25, -0.2) is 0 Å². The lowest BCUT2D eigenvalue weighted by Crippen LogP contribution is -2.15. The molecule has 2 rings (SSSR count). The van der Waals surface area contributed by atoms with E-state index in [0.29, 0.717) is 31.3 Å². The second-order valence-electron chi connectivity index (χ2n) is 8.55. The minimum atomic E-state index is -0.239. The first-order valence-corrected chi connectivity index (χ1v) is 12.8. The number of hydrogen-bond acceptors (Lipinski definition) is 4. The summed E-state index contributed by atoms with van der Waals surface area (Å²) in [6, 6.07) is 5.82. The van der Waals surface area contributed by atoms with E-state index < -0.39 is 0 Å². The molecular weight excluding hydrogens is 402 g/mol. The molecule has 0 unspecified atom stereocenters. The van der Waals surface area contributed by atoms with Crippen LogP contribution in [0, 0.1) is 0 Å². The molecule has 1 heterocycles. The number of aromatic amines is 1. The molecule has 0 atom stereocenters. The van der Waals surface area contributed by atoms with E-state index in [0.717, 1.165) is 48.8 Å². The Labute approximate surface area is 193 Å². The second kappa shape index (κ2) is 15.6. The van der Waals surface area contributed by atoms with Crippen molar-refractivity contribution in [2.75, 3.05) is 19.8 Å². The summed E-state index contributed by atoms with van der Waals surface area (Å²) >= 11 is 0. The number of aromatic nitrogens is 1. The van der Waals surface area contributed by atoms with Crippen molar-refractivity contribution in [2.45, 2.75) is 97.8 Å². The minimum Gasteiger partial charge on any atom is -0.494 e. The molecule has 180 valence electrons. The molecule has 0 aliphatic carbocycles. The van der Waals surface area contributed by atoms with Gasteiger partial charge in [-0.3, -0.25) is 4.79 Å². The molecule has 0 fully saturated rings. The molecule has 32 heavy (non-hydrogen) atoms. The molecular formula is C27H43NO4. The van der Waals surface area contributed by atoms with Crippen molar-refractivity contribution in [3.8, 4) is 17.2 Å². The summed E-state index contributed by atoms with van der Waals surface area (Å²) < 4.78 is 18.0. The van der Waals surface area contributed by atoms with Crippen molar-refractivity contribution in [2.24, 2.45) is 0 Å². The standard InChI is InChI=1S/C27H43NO4/c1-4-7-10-13-18-30-22-16-17-23-24(21-22)28-27(29)26(32-20-15-12-9-6-3)25(23)31-19-14-11-8-5-2/h16-17,21H,4-15,18-20H2,1-3H3,(H,28,29). The van der Waals surface area contributed by atoms with Crippen LogP contribution in [0.5, 0.6) is 17.2 Å². The van der Waals surface area contributed by atoms with Crippen molar-refractivity contribution in [3.63, 3.8) is 0 Å². The molecule has 2 aromatic rings. The van der Waals surface area contributed by atoms with Crippen LogP contribution in [-0.4, -0.2) is 24.8 Å². The highest BCUT2D eigenvalue weighted by molar-refractivity contribution is 5.88. The maximum Gasteiger partial charge on any atom is 0.294 e. The first kappa shape index (κ1) is 26.1. The fourth-order valence-corrected chi connectivity index (χ4v) is 3.72. The van der Waals surface area contributed by atoms with E-state index in [1.165, 1.54) is 44.9 Å². The lowest BCUT2D eigenvalue weighted by molar-refractivity contribution is 0.258. The summed E-state index contributed by atoms with van der Waals surface area (Å²) in [4.78, 5) is 15.8. The largest absolute Gasteiger partial charge is 0.494 e. The first-order valence-electron chi connectivity index (χ1n) is 12.8. The number of ether oxygens (including phenoxy) is 3. The van der Waals surface area contributed by atoms with E-state index >= 15 is 0 Å². The summed E-state index contributed by atoms with van der Waals surface area (Å²) in [5.41, 5.74) is 0.486. The normalized spacial score (nSPS) is 11.1. The number of pyridine rings is 1. The van der Waals surface area contributed by atoms with Crippen molar-refractivity contribution < 1.29 is 14.2 Å². The van der Waals surface area contributed by atoms with Crippen LogP contribution in [-0.2, 0) is 0 Å². The van der Waals surface area contributed by atoms with E-state index in [1.807, 2.05) is 18.2 Å². The molecule has 0 amide bonds. The number of rotatable bonds is 18. The maximum atomic E-state index is 12.9. The number of nitrogens with one attached hydrogen (secondary N) is 1. The zero-order valence-corrected chi connectivity index (χ0v) is 20.5. The molecule has 0 radical (unpaired) electrons. The number of H-pyrrole nitrogens is 1. The van der Waals surface area contributed by atoms with Gasteiger partial charge in [0.05, 0.1) is 25.3 Å². The third-order valence-corrected chi connectivity index (χ3v) is 5.65. The van der Waals surface area contributed by atoms with E-state index in [2.05, 4.69) is 25.8 Å². The molecule has 1 aromatic heterocycles. The second-order valence-corrected chi connectivity index (χ2v) is 8.55. The van der Waals surface area contributed by atoms with Crippen molar-refractivity contribution in [1.29, 1.82) is 0 Å². The molecule has 5 nitrogen and oxygen atoms in total. The van der Waals surface area contributed by atoms with Gasteiger partial charge in [-0.1, -0.05) is 78.6 Å². The molecule has 5 heteroatoms.